The summed E-state index contributed by atoms with van der Waals surface area (Å²) in [6.45, 7) is 1.02. The van der Waals surface area contributed by atoms with E-state index in [-0.39, 0.29) is 22.9 Å². The van der Waals surface area contributed by atoms with Crippen LogP contribution in [0.15, 0.2) is 54.6 Å². The molecule has 3 aromatic rings. The van der Waals surface area contributed by atoms with Crippen molar-refractivity contribution in [1.82, 2.24) is 0 Å². The van der Waals surface area contributed by atoms with E-state index in [0.29, 0.717) is 4.88 Å². The third kappa shape index (κ3) is 7.11. The maximum absolute atomic E-state index is 14.1. The van der Waals surface area contributed by atoms with Gasteiger partial charge in [0, 0.05) is 10.6 Å². The van der Waals surface area contributed by atoms with Crippen LogP contribution in [0.4, 0.5) is 15.1 Å². The average molecular weight is 521 g/mol. The number of hydrogen-bond donors (Lipinski definition) is 2. The Kier molecular flexibility index (Phi) is 8.20. The molecule has 1 aromatic heterocycles. The predicted octanol–water partition coefficient (Wildman–Crippen LogP) is 3.90. The lowest BCUT2D eigenvalue weighted by atomic mass is 10.1. The van der Waals surface area contributed by atoms with Gasteiger partial charge in [-0.25, -0.2) is 22.4 Å². The van der Waals surface area contributed by atoms with Crippen molar-refractivity contribution in [3.8, 4) is 10.4 Å². The number of ether oxygens (including phenoxy) is 2. The van der Waals surface area contributed by atoms with E-state index in [9.17, 15) is 27.2 Å². The normalized spacial score (nSPS) is 10.9. The van der Waals surface area contributed by atoms with Crippen LogP contribution in [0, 0.1) is 5.82 Å². The number of anilines is 2. The second-order valence-corrected chi connectivity index (χ2v) is 9.93. The highest BCUT2D eigenvalue weighted by molar-refractivity contribution is 7.92. The Labute approximate surface area is 204 Å². The van der Waals surface area contributed by atoms with E-state index >= 15 is 0 Å². The van der Waals surface area contributed by atoms with Crippen molar-refractivity contribution in [3.63, 3.8) is 0 Å². The molecule has 0 atom stereocenters. The summed E-state index contributed by atoms with van der Waals surface area (Å²) in [5, 5.41) is 2.72. The van der Waals surface area contributed by atoms with Crippen molar-refractivity contribution in [2.75, 3.05) is 29.5 Å². The fourth-order valence-corrected chi connectivity index (χ4v) is 4.54. The fourth-order valence-electron chi connectivity index (χ4n) is 2.92. The van der Waals surface area contributed by atoms with Crippen LogP contribution in [0.1, 0.15) is 27.6 Å². The van der Waals surface area contributed by atoms with Gasteiger partial charge in [-0.05, 0) is 36.8 Å². The minimum Gasteiger partial charge on any atom is -0.462 e. The third-order valence-corrected chi connectivity index (χ3v) is 6.07. The topological polar surface area (TPSA) is 128 Å². The zero-order valence-electron chi connectivity index (χ0n) is 18.7. The monoisotopic (exact) mass is 520 g/mol. The Balaban J connectivity index is 1.73. The molecule has 0 radical (unpaired) electrons. The quantitative estimate of drug-likeness (QED) is 0.410. The van der Waals surface area contributed by atoms with Gasteiger partial charge in [-0.2, -0.15) is 0 Å². The highest BCUT2D eigenvalue weighted by atomic mass is 32.2. The molecular formula is C23H21FN2O7S2. The zero-order valence-corrected chi connectivity index (χ0v) is 20.3. The largest absolute Gasteiger partial charge is 0.462 e. The van der Waals surface area contributed by atoms with Gasteiger partial charge in [-0.15, -0.1) is 11.3 Å². The van der Waals surface area contributed by atoms with Crippen LogP contribution in [0.2, 0.25) is 0 Å². The summed E-state index contributed by atoms with van der Waals surface area (Å²) in [5.74, 6) is -3.52. The SMILES string of the molecule is CCOC(=O)c1cc(-c2ccccc2)sc1NC(=O)COC(=O)c1cc(NS(C)(=O)=O)ccc1F. The molecule has 0 fully saturated rings. The first-order valence-electron chi connectivity index (χ1n) is 10.2. The van der Waals surface area contributed by atoms with Gasteiger partial charge in [0.1, 0.15) is 10.8 Å². The summed E-state index contributed by atoms with van der Waals surface area (Å²) in [6.07, 6.45) is 0.900. The van der Waals surface area contributed by atoms with Crippen LogP contribution in [0.5, 0.6) is 0 Å². The molecule has 1 amide bonds. The molecule has 0 aliphatic heterocycles. The van der Waals surface area contributed by atoms with Crippen molar-refractivity contribution in [2.45, 2.75) is 6.92 Å². The molecule has 0 spiro atoms. The standard InChI is InChI=1S/C23H21FN2O7S2/c1-3-32-23(29)17-12-19(14-7-5-4-6-8-14)34-21(17)25-20(27)13-33-22(28)16-11-15(9-10-18(16)24)26-35(2,30)31/h4-12,26H,3,13H2,1-2H3,(H,25,27). The van der Waals surface area contributed by atoms with Crippen LogP contribution in [0.25, 0.3) is 10.4 Å². The summed E-state index contributed by atoms with van der Waals surface area (Å²) in [6, 6.07) is 13.8. The van der Waals surface area contributed by atoms with E-state index in [1.54, 1.807) is 13.0 Å². The number of amides is 1. The summed E-state index contributed by atoms with van der Waals surface area (Å²) < 4.78 is 48.9. The van der Waals surface area contributed by atoms with Crippen LogP contribution >= 0.6 is 11.3 Å². The van der Waals surface area contributed by atoms with E-state index in [0.717, 1.165) is 41.4 Å². The summed E-state index contributed by atoms with van der Waals surface area (Å²) in [7, 11) is -3.65. The van der Waals surface area contributed by atoms with Gasteiger partial charge in [0.25, 0.3) is 5.91 Å². The second-order valence-electron chi connectivity index (χ2n) is 7.13. The Morgan fingerprint density at radius 2 is 1.66 bits per heavy atom. The molecule has 0 saturated heterocycles. The first kappa shape index (κ1) is 25.8. The van der Waals surface area contributed by atoms with Crippen molar-refractivity contribution in [3.05, 3.63) is 71.5 Å². The van der Waals surface area contributed by atoms with Crippen molar-refractivity contribution in [2.24, 2.45) is 0 Å². The molecule has 9 nitrogen and oxygen atoms in total. The number of carbonyl (C=O) groups is 3. The minimum atomic E-state index is -3.65. The van der Waals surface area contributed by atoms with Crippen molar-refractivity contribution < 1.29 is 36.7 Å². The first-order chi connectivity index (χ1) is 16.6. The molecule has 2 aromatic carbocycles. The van der Waals surface area contributed by atoms with Crippen LogP contribution in [-0.4, -0.2) is 45.7 Å². The summed E-state index contributed by atoms with van der Waals surface area (Å²) >= 11 is 1.14. The third-order valence-electron chi connectivity index (χ3n) is 4.36. The molecule has 0 aliphatic rings. The highest BCUT2D eigenvalue weighted by Crippen LogP contribution is 2.36. The highest BCUT2D eigenvalue weighted by Gasteiger charge is 2.21. The van der Waals surface area contributed by atoms with Gasteiger partial charge in [0.2, 0.25) is 10.0 Å². The van der Waals surface area contributed by atoms with Crippen molar-refractivity contribution >= 4 is 49.9 Å². The number of esters is 2. The number of rotatable bonds is 9. The van der Waals surface area contributed by atoms with E-state index in [1.165, 1.54) is 0 Å². The van der Waals surface area contributed by atoms with E-state index in [1.807, 2.05) is 30.3 Å². The minimum absolute atomic E-state index is 0.0450. The number of halogens is 1. The Bertz CT molecular complexity index is 1360. The van der Waals surface area contributed by atoms with Gasteiger partial charge < -0.3 is 14.8 Å². The van der Waals surface area contributed by atoms with Crippen LogP contribution in [0.3, 0.4) is 0 Å². The van der Waals surface area contributed by atoms with Gasteiger partial charge >= 0.3 is 11.9 Å². The van der Waals surface area contributed by atoms with Gasteiger partial charge in [0.05, 0.1) is 24.0 Å². The fraction of sp³-hybridized carbons (Fsp3) is 0.174. The molecule has 2 N–H and O–H groups in total. The summed E-state index contributed by atoms with van der Waals surface area (Å²) in [5.41, 5.74) is 0.367. The maximum atomic E-state index is 14.1. The smallest absolute Gasteiger partial charge is 0.341 e. The van der Waals surface area contributed by atoms with Crippen LogP contribution in [-0.2, 0) is 24.3 Å². The Morgan fingerprint density at radius 1 is 0.971 bits per heavy atom. The molecule has 184 valence electrons. The Hall–Kier alpha value is -3.77. The van der Waals surface area contributed by atoms with Crippen molar-refractivity contribution in [1.29, 1.82) is 0 Å². The Morgan fingerprint density at radius 3 is 2.31 bits per heavy atom. The van der Waals surface area contributed by atoms with Gasteiger partial charge in [-0.1, -0.05) is 30.3 Å². The molecule has 0 unspecified atom stereocenters. The van der Waals surface area contributed by atoms with Gasteiger partial charge in [0.15, 0.2) is 6.61 Å². The zero-order chi connectivity index (χ0) is 25.6. The van der Waals surface area contributed by atoms with Gasteiger partial charge in [-0.3, -0.25) is 9.52 Å². The number of nitrogens with one attached hydrogen (secondary N) is 2. The lowest BCUT2D eigenvalue weighted by Crippen LogP contribution is -2.22. The lowest BCUT2D eigenvalue weighted by molar-refractivity contribution is -0.119. The molecule has 3 rings (SSSR count). The number of thiophene rings is 1. The molecule has 12 heteroatoms. The van der Waals surface area contributed by atoms with Crippen LogP contribution < -0.4 is 10.0 Å². The van der Waals surface area contributed by atoms with E-state index < -0.39 is 45.9 Å². The number of sulfonamides is 1. The molecular weight excluding hydrogens is 499 g/mol. The van der Waals surface area contributed by atoms with E-state index in [4.69, 9.17) is 9.47 Å². The molecule has 0 aliphatic carbocycles. The second kappa shape index (κ2) is 11.1. The lowest BCUT2D eigenvalue weighted by Gasteiger charge is -2.09. The van der Waals surface area contributed by atoms with E-state index in [2.05, 4.69) is 10.0 Å². The predicted molar refractivity (Wildman–Crippen MR) is 129 cm³/mol. The summed E-state index contributed by atoms with van der Waals surface area (Å²) in [4.78, 5) is 37.8. The number of benzene rings is 2. The number of carbonyl (C=O) groups excluding carboxylic acids is 3. The first-order valence-corrected chi connectivity index (χ1v) is 12.9. The molecule has 0 saturated carbocycles. The number of hydrogen-bond acceptors (Lipinski definition) is 8. The molecule has 0 bridgehead atoms. The average Bonchev–Trinajstić information content (AvgIpc) is 3.22. The maximum Gasteiger partial charge on any atom is 0.341 e. The molecule has 1 heterocycles. The molecule has 35 heavy (non-hydrogen) atoms.